The average Bonchev–Trinajstić information content (AvgIpc) is 2.58. The molecular formula is C18H33N3O3S. The number of hydrogen-bond acceptors (Lipinski definition) is 4. The van der Waals surface area contributed by atoms with E-state index in [1.807, 2.05) is 0 Å². The Labute approximate surface area is 152 Å². The summed E-state index contributed by atoms with van der Waals surface area (Å²) in [6.07, 6.45) is 5.28. The molecule has 7 heteroatoms. The number of unbranched alkanes of at least 4 members (excludes halogenated alkanes) is 4. The van der Waals surface area contributed by atoms with Crippen molar-refractivity contribution >= 4 is 15.9 Å². The van der Waals surface area contributed by atoms with E-state index < -0.39 is 16.3 Å². The third kappa shape index (κ3) is 7.32. The van der Waals surface area contributed by atoms with Gasteiger partial charge in [-0.2, -0.15) is 8.42 Å². The monoisotopic (exact) mass is 371 g/mol. The third-order valence-corrected chi connectivity index (χ3v) is 5.43. The summed E-state index contributed by atoms with van der Waals surface area (Å²) in [7, 11) is -2.47. The van der Waals surface area contributed by atoms with E-state index in [9.17, 15) is 13.5 Å². The van der Waals surface area contributed by atoms with E-state index in [1.54, 1.807) is 24.3 Å². The number of benzene rings is 1. The van der Waals surface area contributed by atoms with Crippen LogP contribution in [0.1, 0.15) is 57.6 Å². The summed E-state index contributed by atoms with van der Waals surface area (Å²) in [6.45, 7) is 6.52. The molecule has 144 valence electrons. The van der Waals surface area contributed by atoms with Gasteiger partial charge in [0.05, 0.1) is 11.8 Å². The Morgan fingerprint density at radius 2 is 1.76 bits per heavy atom. The zero-order valence-corrected chi connectivity index (χ0v) is 16.5. The van der Waals surface area contributed by atoms with Crippen molar-refractivity contribution in [3.8, 4) is 0 Å². The van der Waals surface area contributed by atoms with E-state index >= 15 is 0 Å². The van der Waals surface area contributed by atoms with Gasteiger partial charge in [0.2, 0.25) is 0 Å². The van der Waals surface area contributed by atoms with Crippen molar-refractivity contribution in [1.29, 1.82) is 0 Å². The highest BCUT2D eigenvalue weighted by Crippen LogP contribution is 2.27. The Bertz CT molecular complexity index is 607. The lowest BCUT2D eigenvalue weighted by molar-refractivity contribution is 0.115. The van der Waals surface area contributed by atoms with Crippen LogP contribution in [0, 0.1) is 0 Å². The van der Waals surface area contributed by atoms with Crippen LogP contribution in [0.3, 0.4) is 0 Å². The Morgan fingerprint density at radius 3 is 2.36 bits per heavy atom. The van der Waals surface area contributed by atoms with Gasteiger partial charge in [-0.15, -0.1) is 0 Å². The van der Waals surface area contributed by atoms with Gasteiger partial charge in [0, 0.05) is 19.2 Å². The van der Waals surface area contributed by atoms with E-state index in [2.05, 4.69) is 18.7 Å². The predicted octanol–water partition coefficient (Wildman–Crippen LogP) is 2.65. The highest BCUT2D eigenvalue weighted by molar-refractivity contribution is 7.90. The number of nitrogens with zero attached hydrogens (tertiary/aromatic N) is 2. The van der Waals surface area contributed by atoms with Crippen LogP contribution >= 0.6 is 0 Å². The minimum Gasteiger partial charge on any atom is -0.387 e. The molecule has 0 aromatic heterocycles. The maximum Gasteiger partial charge on any atom is 0.298 e. The van der Waals surface area contributed by atoms with Gasteiger partial charge in [-0.3, -0.25) is 4.31 Å². The van der Waals surface area contributed by atoms with Crippen molar-refractivity contribution in [2.75, 3.05) is 31.0 Å². The SMILES string of the molecule is CCCCCCCN(CC)CC(O)c1ccccc1N(C)S(N)(=O)=O. The van der Waals surface area contributed by atoms with Gasteiger partial charge in [-0.1, -0.05) is 57.7 Å². The van der Waals surface area contributed by atoms with Gasteiger partial charge in [-0.05, 0) is 25.6 Å². The smallest absolute Gasteiger partial charge is 0.298 e. The molecule has 0 fully saturated rings. The molecule has 0 bridgehead atoms. The lowest BCUT2D eigenvalue weighted by atomic mass is 10.1. The highest BCUT2D eigenvalue weighted by atomic mass is 32.2. The van der Waals surface area contributed by atoms with Gasteiger partial charge in [0.15, 0.2) is 0 Å². The summed E-state index contributed by atoms with van der Waals surface area (Å²) in [4.78, 5) is 2.20. The van der Waals surface area contributed by atoms with Crippen LogP contribution in [0.4, 0.5) is 5.69 Å². The third-order valence-electron chi connectivity index (χ3n) is 4.47. The maximum absolute atomic E-state index is 11.6. The lowest BCUT2D eigenvalue weighted by Gasteiger charge is -2.27. The standard InChI is InChI=1S/C18H33N3O3S/c1-4-6-7-8-11-14-21(5-2)15-18(22)16-12-9-10-13-17(16)20(3)25(19,23)24/h9-10,12-13,18,22H,4-8,11,14-15H2,1-3H3,(H2,19,23,24). The van der Waals surface area contributed by atoms with E-state index in [1.165, 1.54) is 32.7 Å². The lowest BCUT2D eigenvalue weighted by Crippen LogP contribution is -2.35. The van der Waals surface area contributed by atoms with Crippen molar-refractivity contribution in [2.24, 2.45) is 5.14 Å². The molecule has 0 saturated carbocycles. The summed E-state index contributed by atoms with van der Waals surface area (Å²) in [6, 6.07) is 6.93. The summed E-state index contributed by atoms with van der Waals surface area (Å²) in [5.41, 5.74) is 0.986. The Kier molecular flexibility index (Phi) is 9.42. The van der Waals surface area contributed by atoms with Crippen LogP contribution in [0.15, 0.2) is 24.3 Å². The van der Waals surface area contributed by atoms with Crippen molar-refractivity contribution in [3.63, 3.8) is 0 Å². The molecule has 1 unspecified atom stereocenters. The van der Waals surface area contributed by atoms with Crippen LogP contribution in [0.5, 0.6) is 0 Å². The van der Waals surface area contributed by atoms with Gasteiger partial charge in [-0.25, -0.2) is 5.14 Å². The Balaban J connectivity index is 2.74. The molecule has 6 nitrogen and oxygen atoms in total. The second kappa shape index (κ2) is 10.8. The average molecular weight is 372 g/mol. The zero-order valence-electron chi connectivity index (χ0n) is 15.7. The number of anilines is 1. The highest BCUT2D eigenvalue weighted by Gasteiger charge is 2.21. The number of rotatable bonds is 12. The van der Waals surface area contributed by atoms with Gasteiger partial charge >= 0.3 is 0 Å². The van der Waals surface area contributed by atoms with Crippen molar-refractivity contribution in [2.45, 2.75) is 52.1 Å². The molecule has 0 heterocycles. The molecule has 0 aliphatic carbocycles. The van der Waals surface area contributed by atoms with Crippen LogP contribution in [0.2, 0.25) is 0 Å². The Morgan fingerprint density at radius 1 is 1.12 bits per heavy atom. The van der Waals surface area contributed by atoms with Gasteiger partial charge in [0.25, 0.3) is 10.2 Å². The first-order chi connectivity index (χ1) is 11.8. The summed E-state index contributed by atoms with van der Waals surface area (Å²) in [5.74, 6) is 0. The Hall–Kier alpha value is -1.15. The van der Waals surface area contributed by atoms with E-state index in [4.69, 9.17) is 5.14 Å². The normalized spacial score (nSPS) is 13.2. The number of hydrogen-bond donors (Lipinski definition) is 2. The quantitative estimate of drug-likeness (QED) is 0.553. The molecule has 3 N–H and O–H groups in total. The van der Waals surface area contributed by atoms with Crippen molar-refractivity contribution in [3.05, 3.63) is 29.8 Å². The minimum atomic E-state index is -3.86. The molecule has 25 heavy (non-hydrogen) atoms. The molecule has 0 radical (unpaired) electrons. The number of para-hydroxylation sites is 1. The molecule has 0 spiro atoms. The largest absolute Gasteiger partial charge is 0.387 e. The van der Waals surface area contributed by atoms with Crippen LogP contribution in [-0.2, 0) is 10.2 Å². The van der Waals surface area contributed by atoms with E-state index in [0.717, 1.165) is 23.8 Å². The zero-order chi connectivity index (χ0) is 18.9. The first kappa shape index (κ1) is 21.9. The molecule has 1 rings (SSSR count). The number of aliphatic hydroxyl groups excluding tert-OH is 1. The van der Waals surface area contributed by atoms with E-state index in [-0.39, 0.29) is 0 Å². The fourth-order valence-electron chi connectivity index (χ4n) is 2.85. The van der Waals surface area contributed by atoms with Crippen molar-refractivity contribution < 1.29 is 13.5 Å². The number of aliphatic hydroxyl groups is 1. The molecule has 1 aromatic carbocycles. The van der Waals surface area contributed by atoms with Crippen molar-refractivity contribution in [1.82, 2.24) is 4.90 Å². The second-order valence-electron chi connectivity index (χ2n) is 6.39. The van der Waals surface area contributed by atoms with Crippen LogP contribution in [-0.4, -0.2) is 45.1 Å². The molecule has 0 aliphatic heterocycles. The first-order valence-electron chi connectivity index (χ1n) is 9.07. The molecule has 1 atom stereocenters. The van der Waals surface area contributed by atoms with Gasteiger partial charge in [0.1, 0.15) is 0 Å². The molecule has 1 aromatic rings. The predicted molar refractivity (Wildman–Crippen MR) is 104 cm³/mol. The summed E-state index contributed by atoms with van der Waals surface area (Å²) < 4.78 is 24.3. The van der Waals surface area contributed by atoms with Crippen LogP contribution < -0.4 is 9.44 Å². The van der Waals surface area contributed by atoms with E-state index in [0.29, 0.717) is 17.8 Å². The fourth-order valence-corrected chi connectivity index (χ4v) is 3.29. The first-order valence-corrected chi connectivity index (χ1v) is 10.6. The van der Waals surface area contributed by atoms with Gasteiger partial charge < -0.3 is 10.0 Å². The molecule has 0 amide bonds. The molecule has 0 saturated heterocycles. The number of nitrogens with two attached hydrogens (primary N) is 1. The maximum atomic E-state index is 11.6. The summed E-state index contributed by atoms with van der Waals surface area (Å²) >= 11 is 0. The fraction of sp³-hybridized carbons (Fsp3) is 0.667. The minimum absolute atomic E-state index is 0.413. The molecule has 0 aliphatic rings. The summed E-state index contributed by atoms with van der Waals surface area (Å²) in [5, 5.41) is 15.9. The number of likely N-dealkylation sites (N-methyl/N-ethyl adjacent to an activating group) is 1. The topological polar surface area (TPSA) is 86.9 Å². The van der Waals surface area contributed by atoms with Crippen LogP contribution in [0.25, 0.3) is 0 Å². The molecular weight excluding hydrogens is 338 g/mol. The second-order valence-corrected chi connectivity index (χ2v) is 7.97.